The van der Waals surface area contributed by atoms with Crippen LogP contribution in [0.2, 0.25) is 5.02 Å². The zero-order chi connectivity index (χ0) is 24.6. The largest absolute Gasteiger partial charge is 0.346 e. The molecule has 0 radical (unpaired) electrons. The summed E-state index contributed by atoms with van der Waals surface area (Å²) >= 11 is 6.33. The van der Waals surface area contributed by atoms with Crippen LogP contribution in [0.5, 0.6) is 0 Å². The van der Waals surface area contributed by atoms with E-state index in [2.05, 4.69) is 31.5 Å². The molecule has 34 heavy (non-hydrogen) atoms. The Hall–Kier alpha value is -1.54. The van der Waals surface area contributed by atoms with E-state index in [-0.39, 0.29) is 0 Å². The first kappa shape index (κ1) is 28.7. The second-order valence-electron chi connectivity index (χ2n) is 10.1. The Kier molecular flexibility index (Phi) is 14.3. The molecule has 0 aliphatic heterocycles. The minimum absolute atomic E-state index is 0.294. The molecule has 190 valence electrons. The van der Waals surface area contributed by atoms with Gasteiger partial charge in [-0.2, -0.15) is 0 Å². The molecular weight excluding hydrogens is 438 g/mol. The lowest BCUT2D eigenvalue weighted by molar-refractivity contribution is 0.0978. The van der Waals surface area contributed by atoms with Crippen molar-refractivity contribution in [1.82, 2.24) is 4.57 Å². The molecule has 1 aromatic carbocycles. The third-order valence-corrected chi connectivity index (χ3v) is 7.49. The summed E-state index contributed by atoms with van der Waals surface area (Å²) in [5, 5.41) is 0.777. The predicted molar refractivity (Wildman–Crippen MR) is 148 cm³/mol. The molecule has 3 heteroatoms. The standard InChI is InChI=1S/C31H48ClNO/c1-4-5-6-7-8-9-10-11-12-13-14-15-16-17-18-23-30(34)31-26(2)24-33(27(31)3)25-28-21-19-20-22-29(28)32/h19-22,24H,4-18,23,25H2,1-3H3. The van der Waals surface area contributed by atoms with Crippen molar-refractivity contribution in [2.75, 3.05) is 0 Å². The average molecular weight is 486 g/mol. The molecule has 0 amide bonds. The van der Waals surface area contributed by atoms with E-state index < -0.39 is 0 Å². The summed E-state index contributed by atoms with van der Waals surface area (Å²) in [7, 11) is 0. The SMILES string of the molecule is CCCCCCCCCCCCCCCCCC(=O)c1c(C)cn(Cc2ccccc2Cl)c1C. The van der Waals surface area contributed by atoms with Gasteiger partial charge in [0.15, 0.2) is 5.78 Å². The molecule has 2 aromatic rings. The fraction of sp³-hybridized carbons (Fsp3) is 0.645. The van der Waals surface area contributed by atoms with Crippen molar-refractivity contribution in [3.63, 3.8) is 0 Å². The van der Waals surface area contributed by atoms with E-state index in [1.807, 2.05) is 24.3 Å². The summed E-state index contributed by atoms with van der Waals surface area (Å²) in [6.07, 6.45) is 23.0. The van der Waals surface area contributed by atoms with E-state index in [0.29, 0.717) is 18.7 Å². The predicted octanol–water partition coefficient (Wildman–Crippen LogP) is 10.3. The summed E-state index contributed by atoms with van der Waals surface area (Å²) in [5.74, 6) is 0.294. The van der Waals surface area contributed by atoms with E-state index >= 15 is 0 Å². The second-order valence-corrected chi connectivity index (χ2v) is 10.5. The molecule has 0 aliphatic rings. The van der Waals surface area contributed by atoms with E-state index in [9.17, 15) is 4.79 Å². The van der Waals surface area contributed by atoms with Crippen molar-refractivity contribution in [1.29, 1.82) is 0 Å². The van der Waals surface area contributed by atoms with Gasteiger partial charge in [-0.05, 0) is 37.5 Å². The topological polar surface area (TPSA) is 22.0 Å². The number of hydrogen-bond acceptors (Lipinski definition) is 1. The van der Waals surface area contributed by atoms with Crippen LogP contribution < -0.4 is 0 Å². The maximum absolute atomic E-state index is 12.9. The Balaban J connectivity index is 1.55. The molecule has 1 aromatic heterocycles. The lowest BCUT2D eigenvalue weighted by Gasteiger charge is -2.09. The van der Waals surface area contributed by atoms with Crippen LogP contribution in [0, 0.1) is 13.8 Å². The van der Waals surface area contributed by atoms with Crippen LogP contribution in [-0.4, -0.2) is 10.4 Å². The lowest BCUT2D eigenvalue weighted by atomic mass is 10.0. The van der Waals surface area contributed by atoms with Crippen LogP contribution >= 0.6 is 11.6 Å². The first-order chi connectivity index (χ1) is 16.5. The van der Waals surface area contributed by atoms with E-state index in [4.69, 9.17) is 11.6 Å². The Morgan fingerprint density at radius 1 is 0.765 bits per heavy atom. The van der Waals surface area contributed by atoms with Gasteiger partial charge >= 0.3 is 0 Å². The number of ketones is 1. The van der Waals surface area contributed by atoms with Crippen LogP contribution in [0.1, 0.15) is 137 Å². The smallest absolute Gasteiger partial charge is 0.164 e. The fourth-order valence-electron chi connectivity index (χ4n) is 5.00. The molecule has 1 heterocycles. The van der Waals surface area contributed by atoms with Crippen molar-refractivity contribution in [3.8, 4) is 0 Å². The zero-order valence-electron chi connectivity index (χ0n) is 22.1. The van der Waals surface area contributed by atoms with Crippen molar-refractivity contribution in [3.05, 3.63) is 57.9 Å². The van der Waals surface area contributed by atoms with Gasteiger partial charge in [0.05, 0.1) is 0 Å². The van der Waals surface area contributed by atoms with E-state index in [1.165, 1.54) is 89.9 Å². The molecule has 0 unspecified atom stereocenters. The highest BCUT2D eigenvalue weighted by molar-refractivity contribution is 6.31. The summed E-state index contributed by atoms with van der Waals surface area (Å²) < 4.78 is 2.16. The zero-order valence-corrected chi connectivity index (χ0v) is 22.9. The number of aryl methyl sites for hydroxylation is 1. The summed E-state index contributed by atoms with van der Waals surface area (Å²) in [6, 6.07) is 7.93. The monoisotopic (exact) mass is 485 g/mol. The number of rotatable bonds is 19. The molecule has 0 atom stereocenters. The third-order valence-electron chi connectivity index (χ3n) is 7.12. The third kappa shape index (κ3) is 10.4. The molecule has 0 spiro atoms. The molecule has 0 aliphatic carbocycles. The van der Waals surface area contributed by atoms with Gasteiger partial charge in [0.25, 0.3) is 0 Å². The number of unbranched alkanes of at least 4 members (excludes halogenated alkanes) is 14. The Morgan fingerprint density at radius 2 is 1.26 bits per heavy atom. The number of benzene rings is 1. The maximum atomic E-state index is 12.9. The van der Waals surface area contributed by atoms with Gasteiger partial charge in [-0.15, -0.1) is 0 Å². The van der Waals surface area contributed by atoms with E-state index in [0.717, 1.165) is 33.8 Å². The highest BCUT2D eigenvalue weighted by Gasteiger charge is 2.17. The number of carbonyl (C=O) groups excluding carboxylic acids is 1. The molecule has 0 N–H and O–H groups in total. The quantitative estimate of drug-likeness (QED) is 0.143. The van der Waals surface area contributed by atoms with Gasteiger partial charge in [-0.25, -0.2) is 0 Å². The summed E-state index contributed by atoms with van der Waals surface area (Å²) in [5.41, 5.74) is 4.14. The van der Waals surface area contributed by atoms with E-state index in [1.54, 1.807) is 0 Å². The Morgan fingerprint density at radius 3 is 1.79 bits per heavy atom. The molecule has 0 saturated heterocycles. The molecule has 0 saturated carbocycles. The molecule has 2 rings (SSSR count). The first-order valence-corrected chi connectivity index (χ1v) is 14.3. The Labute approximate surface area is 214 Å². The normalized spacial score (nSPS) is 11.3. The van der Waals surface area contributed by atoms with Crippen molar-refractivity contribution >= 4 is 17.4 Å². The number of nitrogens with zero attached hydrogens (tertiary/aromatic N) is 1. The van der Waals surface area contributed by atoms with Gasteiger partial charge in [0, 0.05) is 35.4 Å². The number of carbonyl (C=O) groups is 1. The Bertz CT molecular complexity index is 838. The number of aromatic nitrogens is 1. The highest BCUT2D eigenvalue weighted by Crippen LogP contribution is 2.23. The number of hydrogen-bond donors (Lipinski definition) is 0. The van der Waals surface area contributed by atoms with Gasteiger partial charge in [0.2, 0.25) is 0 Å². The van der Waals surface area contributed by atoms with Crippen LogP contribution in [0.4, 0.5) is 0 Å². The van der Waals surface area contributed by atoms with Crippen LogP contribution in [0.25, 0.3) is 0 Å². The van der Waals surface area contributed by atoms with Gasteiger partial charge in [-0.1, -0.05) is 127 Å². The molecule has 2 nitrogen and oxygen atoms in total. The number of Topliss-reactive ketones (excluding diaryl/α,β-unsaturated/α-hetero) is 1. The van der Waals surface area contributed by atoms with Crippen LogP contribution in [0.15, 0.2) is 30.5 Å². The minimum Gasteiger partial charge on any atom is -0.346 e. The molecule has 0 fully saturated rings. The van der Waals surface area contributed by atoms with Crippen LogP contribution in [-0.2, 0) is 6.54 Å². The maximum Gasteiger partial charge on any atom is 0.164 e. The van der Waals surface area contributed by atoms with Gasteiger partial charge in [0.1, 0.15) is 0 Å². The molecular formula is C31H48ClNO. The average Bonchev–Trinajstić information content (AvgIpc) is 3.10. The minimum atomic E-state index is 0.294. The lowest BCUT2D eigenvalue weighted by Crippen LogP contribution is -2.05. The second kappa shape index (κ2) is 17.0. The number of halogens is 1. The summed E-state index contributed by atoms with van der Waals surface area (Å²) in [6.45, 7) is 7.10. The highest BCUT2D eigenvalue weighted by atomic mass is 35.5. The van der Waals surface area contributed by atoms with Crippen molar-refractivity contribution < 1.29 is 4.79 Å². The first-order valence-electron chi connectivity index (χ1n) is 14.0. The van der Waals surface area contributed by atoms with Crippen molar-refractivity contribution in [2.45, 2.75) is 130 Å². The van der Waals surface area contributed by atoms with Crippen molar-refractivity contribution in [2.24, 2.45) is 0 Å². The van der Waals surface area contributed by atoms with Gasteiger partial charge in [-0.3, -0.25) is 4.79 Å². The summed E-state index contributed by atoms with van der Waals surface area (Å²) in [4.78, 5) is 12.9. The van der Waals surface area contributed by atoms with Crippen LogP contribution in [0.3, 0.4) is 0 Å². The van der Waals surface area contributed by atoms with Gasteiger partial charge < -0.3 is 4.57 Å². The fourth-order valence-corrected chi connectivity index (χ4v) is 5.20. The molecule has 0 bridgehead atoms.